The van der Waals surface area contributed by atoms with Crippen LogP contribution in [0.5, 0.6) is 0 Å². The average Bonchev–Trinajstić information content (AvgIpc) is 2.61. The van der Waals surface area contributed by atoms with Crippen molar-refractivity contribution < 1.29 is 14.3 Å². The fourth-order valence-electron chi connectivity index (χ4n) is 2.10. The first kappa shape index (κ1) is 18.4. The zero-order chi connectivity index (χ0) is 17.4. The molecule has 0 aliphatic heterocycles. The summed E-state index contributed by atoms with van der Waals surface area (Å²) in [5.41, 5.74) is 2.34. The topological polar surface area (TPSA) is 55.4 Å². The lowest BCUT2D eigenvalue weighted by Crippen LogP contribution is -2.14. The number of ether oxygens (including phenoxy) is 1. The molecule has 0 heterocycles. The van der Waals surface area contributed by atoms with E-state index in [4.69, 9.17) is 4.74 Å². The van der Waals surface area contributed by atoms with Crippen LogP contribution in [-0.2, 0) is 15.3 Å². The minimum absolute atomic E-state index is 0.0365. The molecule has 126 valence electrons. The summed E-state index contributed by atoms with van der Waals surface area (Å²) in [6, 6.07) is 15.0. The SMILES string of the molecule is COC(=O)c1cccc(CSCC(=O)Nc2ccccc2SC)c1. The lowest BCUT2D eigenvalue weighted by Gasteiger charge is -2.09. The Morgan fingerprint density at radius 1 is 1.12 bits per heavy atom. The smallest absolute Gasteiger partial charge is 0.337 e. The van der Waals surface area contributed by atoms with Gasteiger partial charge in [0.2, 0.25) is 5.91 Å². The highest BCUT2D eigenvalue weighted by Crippen LogP contribution is 2.25. The van der Waals surface area contributed by atoms with Crippen LogP contribution in [0.15, 0.2) is 53.4 Å². The Labute approximate surface area is 150 Å². The fourth-order valence-corrected chi connectivity index (χ4v) is 3.43. The fraction of sp³-hybridized carbons (Fsp3) is 0.222. The van der Waals surface area contributed by atoms with Crippen LogP contribution < -0.4 is 5.32 Å². The first-order valence-corrected chi connectivity index (χ1v) is 9.70. The van der Waals surface area contributed by atoms with Crippen molar-refractivity contribution in [2.45, 2.75) is 10.6 Å². The van der Waals surface area contributed by atoms with Crippen LogP contribution >= 0.6 is 23.5 Å². The van der Waals surface area contributed by atoms with Crippen molar-refractivity contribution in [3.05, 3.63) is 59.7 Å². The first-order chi connectivity index (χ1) is 11.6. The zero-order valence-electron chi connectivity index (χ0n) is 13.6. The lowest BCUT2D eigenvalue weighted by molar-refractivity contribution is -0.113. The summed E-state index contributed by atoms with van der Waals surface area (Å²) in [6.45, 7) is 0. The van der Waals surface area contributed by atoms with E-state index in [1.54, 1.807) is 23.9 Å². The van der Waals surface area contributed by atoms with Crippen LogP contribution in [0.25, 0.3) is 0 Å². The molecule has 0 fully saturated rings. The predicted octanol–water partition coefficient (Wildman–Crippen LogP) is 4.07. The third-order valence-corrected chi connectivity index (χ3v) is 5.03. The number of esters is 1. The van der Waals surface area contributed by atoms with Crippen molar-refractivity contribution in [3.8, 4) is 0 Å². The van der Waals surface area contributed by atoms with Crippen molar-refractivity contribution in [3.63, 3.8) is 0 Å². The molecule has 0 saturated carbocycles. The van der Waals surface area contributed by atoms with Crippen LogP contribution in [0.2, 0.25) is 0 Å². The Balaban J connectivity index is 1.85. The molecule has 1 amide bonds. The number of thioether (sulfide) groups is 2. The number of carbonyl (C=O) groups excluding carboxylic acids is 2. The Hall–Kier alpha value is -1.92. The second kappa shape index (κ2) is 9.39. The molecule has 0 aliphatic rings. The molecule has 0 aromatic heterocycles. The van der Waals surface area contributed by atoms with Gasteiger partial charge in [-0.05, 0) is 36.1 Å². The molecule has 0 bridgehead atoms. The van der Waals surface area contributed by atoms with Gasteiger partial charge in [0.25, 0.3) is 0 Å². The molecular weight excluding hydrogens is 342 g/mol. The van der Waals surface area contributed by atoms with Gasteiger partial charge in [0, 0.05) is 10.6 Å². The van der Waals surface area contributed by atoms with E-state index in [0.29, 0.717) is 17.1 Å². The molecule has 6 heteroatoms. The molecule has 0 saturated heterocycles. The molecule has 2 aromatic rings. The predicted molar refractivity (Wildman–Crippen MR) is 101 cm³/mol. The number of para-hydroxylation sites is 1. The maximum absolute atomic E-state index is 12.1. The lowest BCUT2D eigenvalue weighted by atomic mass is 10.1. The largest absolute Gasteiger partial charge is 0.465 e. The molecule has 4 nitrogen and oxygen atoms in total. The van der Waals surface area contributed by atoms with Crippen LogP contribution in [0.3, 0.4) is 0 Å². The monoisotopic (exact) mass is 361 g/mol. The number of amides is 1. The molecule has 24 heavy (non-hydrogen) atoms. The summed E-state index contributed by atoms with van der Waals surface area (Å²) in [6.07, 6.45) is 1.98. The number of anilines is 1. The average molecular weight is 361 g/mol. The summed E-state index contributed by atoms with van der Waals surface area (Å²) < 4.78 is 4.71. The number of benzene rings is 2. The van der Waals surface area contributed by atoms with Crippen molar-refractivity contribution in [1.82, 2.24) is 0 Å². The van der Waals surface area contributed by atoms with Gasteiger partial charge in [-0.2, -0.15) is 0 Å². The van der Waals surface area contributed by atoms with Crippen LogP contribution in [0.1, 0.15) is 15.9 Å². The maximum atomic E-state index is 12.1. The highest BCUT2D eigenvalue weighted by atomic mass is 32.2. The van der Waals surface area contributed by atoms with Gasteiger partial charge in [0.15, 0.2) is 0 Å². The summed E-state index contributed by atoms with van der Waals surface area (Å²) in [7, 11) is 1.36. The number of carbonyl (C=O) groups is 2. The van der Waals surface area contributed by atoms with Gasteiger partial charge in [-0.1, -0.05) is 24.3 Å². The van der Waals surface area contributed by atoms with Crippen LogP contribution in [-0.4, -0.2) is 31.0 Å². The highest BCUT2D eigenvalue weighted by Gasteiger charge is 2.08. The van der Waals surface area contributed by atoms with E-state index >= 15 is 0 Å². The molecule has 0 aliphatic carbocycles. The van der Waals surface area contributed by atoms with E-state index in [9.17, 15) is 9.59 Å². The standard InChI is InChI=1S/C18H19NO3S2/c1-22-18(21)14-7-5-6-13(10-14)11-24-12-17(20)19-15-8-3-4-9-16(15)23-2/h3-10H,11-12H2,1-2H3,(H,19,20). The van der Waals surface area contributed by atoms with Crippen molar-refractivity contribution in [2.24, 2.45) is 0 Å². The summed E-state index contributed by atoms with van der Waals surface area (Å²) >= 11 is 3.10. The van der Waals surface area contributed by atoms with Crippen molar-refractivity contribution in [2.75, 3.05) is 24.4 Å². The summed E-state index contributed by atoms with van der Waals surface area (Å²) in [5, 5.41) is 2.93. The van der Waals surface area contributed by atoms with E-state index in [1.165, 1.54) is 18.9 Å². The minimum atomic E-state index is -0.353. The third kappa shape index (κ3) is 5.32. The quantitative estimate of drug-likeness (QED) is 0.595. The first-order valence-electron chi connectivity index (χ1n) is 7.32. The number of nitrogens with one attached hydrogen (secondary N) is 1. The molecule has 0 spiro atoms. The normalized spacial score (nSPS) is 10.2. The van der Waals surface area contributed by atoms with E-state index in [0.717, 1.165) is 16.1 Å². The Kier molecular flexibility index (Phi) is 7.21. The van der Waals surface area contributed by atoms with E-state index in [1.807, 2.05) is 42.7 Å². The Morgan fingerprint density at radius 3 is 2.67 bits per heavy atom. The van der Waals surface area contributed by atoms with Crippen molar-refractivity contribution >= 4 is 41.1 Å². The second-order valence-corrected chi connectivity index (χ2v) is 6.77. The van der Waals surface area contributed by atoms with E-state index < -0.39 is 0 Å². The van der Waals surface area contributed by atoms with Crippen molar-refractivity contribution in [1.29, 1.82) is 0 Å². The van der Waals surface area contributed by atoms with Gasteiger partial charge in [-0.3, -0.25) is 4.79 Å². The molecule has 0 radical (unpaired) electrons. The minimum Gasteiger partial charge on any atom is -0.465 e. The summed E-state index contributed by atoms with van der Waals surface area (Å²) in [5.74, 6) is 0.618. The van der Waals surface area contributed by atoms with Gasteiger partial charge < -0.3 is 10.1 Å². The van der Waals surface area contributed by atoms with Gasteiger partial charge in [0.05, 0.1) is 24.1 Å². The van der Waals surface area contributed by atoms with Crippen LogP contribution in [0.4, 0.5) is 5.69 Å². The second-order valence-electron chi connectivity index (χ2n) is 4.93. The molecule has 2 aromatic carbocycles. The zero-order valence-corrected chi connectivity index (χ0v) is 15.2. The van der Waals surface area contributed by atoms with E-state index in [2.05, 4.69) is 5.32 Å². The number of hydrogen-bond donors (Lipinski definition) is 1. The number of methoxy groups -OCH3 is 1. The molecule has 1 N–H and O–H groups in total. The van der Waals surface area contributed by atoms with Gasteiger partial charge in [-0.25, -0.2) is 4.79 Å². The highest BCUT2D eigenvalue weighted by molar-refractivity contribution is 7.99. The van der Waals surface area contributed by atoms with Gasteiger partial charge in [0.1, 0.15) is 0 Å². The van der Waals surface area contributed by atoms with Gasteiger partial charge >= 0.3 is 5.97 Å². The Morgan fingerprint density at radius 2 is 1.92 bits per heavy atom. The Bertz CT molecular complexity index is 719. The van der Waals surface area contributed by atoms with Gasteiger partial charge in [-0.15, -0.1) is 23.5 Å². The maximum Gasteiger partial charge on any atom is 0.337 e. The number of rotatable bonds is 7. The third-order valence-electron chi connectivity index (χ3n) is 3.23. The molecular formula is C18H19NO3S2. The molecule has 0 unspecified atom stereocenters. The molecule has 2 rings (SSSR count). The van der Waals surface area contributed by atoms with Crippen LogP contribution in [0, 0.1) is 0 Å². The number of hydrogen-bond acceptors (Lipinski definition) is 5. The summed E-state index contributed by atoms with van der Waals surface area (Å²) in [4.78, 5) is 24.6. The van der Waals surface area contributed by atoms with E-state index in [-0.39, 0.29) is 11.9 Å². The molecule has 0 atom stereocenters.